The highest BCUT2D eigenvalue weighted by atomic mass is 16.8. The molecule has 24 nitrogen and oxygen atoms in total. The first-order valence-corrected chi connectivity index (χ1v) is 26.9. The van der Waals surface area contributed by atoms with E-state index < -0.39 is 161 Å². The first kappa shape index (κ1) is 57.7. The molecule has 0 bridgehead atoms. The summed E-state index contributed by atoms with van der Waals surface area (Å²) in [6.45, 7) is 6.23. The van der Waals surface area contributed by atoms with Gasteiger partial charge in [-0.3, -0.25) is 0 Å². The molecule has 9 rings (SSSR count). The van der Waals surface area contributed by atoms with Crippen LogP contribution in [0.4, 0.5) is 0 Å². The summed E-state index contributed by atoms with van der Waals surface area (Å²) in [5.74, 6) is -0.302. The van der Waals surface area contributed by atoms with Crippen LogP contribution in [0.1, 0.15) is 85.5 Å². The largest absolute Gasteiger partial charge is 0.394 e. The predicted molar refractivity (Wildman–Crippen MR) is 247 cm³/mol. The molecular formula is C50H84O24. The van der Waals surface area contributed by atoms with Gasteiger partial charge < -0.3 is 119 Å². The van der Waals surface area contributed by atoms with Crippen molar-refractivity contribution in [1.29, 1.82) is 0 Å². The molecular weight excluding hydrogens is 985 g/mol. The molecule has 0 amide bonds. The van der Waals surface area contributed by atoms with Crippen LogP contribution in [0.3, 0.4) is 0 Å². The lowest BCUT2D eigenvalue weighted by molar-refractivity contribution is -0.379. The van der Waals surface area contributed by atoms with Gasteiger partial charge in [-0.05, 0) is 97.7 Å². The van der Waals surface area contributed by atoms with Crippen molar-refractivity contribution in [2.24, 2.45) is 52.3 Å². The summed E-state index contributed by atoms with van der Waals surface area (Å²) >= 11 is 0. The van der Waals surface area contributed by atoms with E-state index in [1.807, 2.05) is 6.92 Å². The average Bonchev–Trinajstić information content (AvgIpc) is 3.81. The van der Waals surface area contributed by atoms with E-state index in [9.17, 15) is 76.6 Å². The van der Waals surface area contributed by atoms with Crippen molar-refractivity contribution in [3.63, 3.8) is 0 Å². The standard InChI is InChI=1S/C50H84O24/c1-19(17-66-44-39(62)36(59)34(57)29(14-51)69-44)7-10-50(65)20(2)32-28(74-50)12-24-22-6-5-21-11-27(25(54)13-49(21,4)23(22)8-9-48(24,32)3)68-46-40(63)37(60)42(31(16-53)71-46)72-47-41(64)43(35(58)30(15-52)70-47)73-45-38(61)33(56)26(55)18-67-45/h19-47,51-65H,5-18H2,1-4H3/t19-,20+,21+,22-,23+,24+,25-,26-,27-,28+,29-,30-,31-,32+,33+,34-,35-,36+,37-,38-,39-,40-,41-,42+,43+,44-,45+,46-,47+,48+,49+,50+/m1/s1. The first-order chi connectivity index (χ1) is 35.0. The summed E-state index contributed by atoms with van der Waals surface area (Å²) in [5, 5.41) is 160. The van der Waals surface area contributed by atoms with Crippen LogP contribution in [0.15, 0.2) is 0 Å². The number of rotatable bonds is 15. The van der Waals surface area contributed by atoms with Gasteiger partial charge in [-0.2, -0.15) is 0 Å². The molecule has 4 saturated carbocycles. The summed E-state index contributed by atoms with van der Waals surface area (Å²) in [5.41, 5.74) is -0.331. The second-order valence-electron chi connectivity index (χ2n) is 24.0. The van der Waals surface area contributed by atoms with Gasteiger partial charge in [0.05, 0.1) is 51.3 Å². The van der Waals surface area contributed by atoms with Crippen molar-refractivity contribution < 1.29 is 119 Å². The van der Waals surface area contributed by atoms with Crippen LogP contribution in [-0.4, -0.2) is 250 Å². The number of ether oxygens (including phenoxy) is 9. The SMILES string of the molecule is C[C@H](CC[C@]1(O)O[C@H]2C[C@H]3[C@@H]4CC[C@H]5C[C@@H](O[C@@H]6O[C@H](CO)[C@H](O[C@@H]7O[C@H](CO)[C@@H](O)[C@H](O[C@@H]8OC[C@@H](O)[C@H](O)[C@H]8O)[C@H]7O)[C@H](O)[C@H]6O)[C@H](O)C[C@]5(C)[C@H]4CC[C@]3(C)[C@H]2[C@@H]1C)CO[C@@H]1O[C@H](CO)[C@@H](O)[C@H](O)[C@H]1O. The molecule has 5 saturated heterocycles. The Kier molecular flexibility index (Phi) is 17.6. The van der Waals surface area contributed by atoms with Crippen LogP contribution < -0.4 is 0 Å². The van der Waals surface area contributed by atoms with Crippen molar-refractivity contribution in [1.82, 2.24) is 0 Å². The lowest BCUT2D eigenvalue weighted by Crippen LogP contribution is -2.66. The minimum Gasteiger partial charge on any atom is -0.394 e. The molecule has 24 heteroatoms. The van der Waals surface area contributed by atoms with E-state index in [4.69, 9.17) is 42.6 Å². The Labute approximate surface area is 430 Å². The summed E-state index contributed by atoms with van der Waals surface area (Å²) < 4.78 is 52.7. The molecule has 0 unspecified atom stereocenters. The zero-order chi connectivity index (χ0) is 53.5. The molecule has 5 heterocycles. The lowest BCUT2D eigenvalue weighted by atomic mass is 9.44. The van der Waals surface area contributed by atoms with E-state index in [0.717, 1.165) is 32.1 Å². The Morgan fingerprint density at radius 3 is 1.92 bits per heavy atom. The highest BCUT2D eigenvalue weighted by molar-refractivity contribution is 5.15. The molecule has 32 atom stereocenters. The Bertz CT molecular complexity index is 1860. The summed E-state index contributed by atoms with van der Waals surface area (Å²) in [6.07, 6.45) is -25.5. The van der Waals surface area contributed by atoms with Crippen LogP contribution in [0.5, 0.6) is 0 Å². The second-order valence-corrected chi connectivity index (χ2v) is 24.0. The Morgan fingerprint density at radius 1 is 0.595 bits per heavy atom. The zero-order valence-electron chi connectivity index (χ0n) is 42.5. The van der Waals surface area contributed by atoms with Gasteiger partial charge in [-0.25, -0.2) is 0 Å². The molecule has 428 valence electrons. The van der Waals surface area contributed by atoms with Crippen LogP contribution in [-0.2, 0) is 42.6 Å². The van der Waals surface area contributed by atoms with Gasteiger partial charge in [0, 0.05) is 12.3 Å². The molecule has 9 fully saturated rings. The number of hydrogen-bond acceptors (Lipinski definition) is 24. The van der Waals surface area contributed by atoms with Crippen molar-refractivity contribution in [2.75, 3.05) is 33.0 Å². The molecule has 0 spiro atoms. The highest BCUT2D eigenvalue weighted by Crippen LogP contribution is 2.71. The van der Waals surface area contributed by atoms with Crippen LogP contribution in [0.25, 0.3) is 0 Å². The van der Waals surface area contributed by atoms with Gasteiger partial charge >= 0.3 is 0 Å². The highest BCUT2D eigenvalue weighted by Gasteiger charge is 2.69. The maximum atomic E-state index is 12.1. The van der Waals surface area contributed by atoms with Crippen LogP contribution >= 0.6 is 0 Å². The molecule has 9 aliphatic rings. The second kappa shape index (κ2) is 22.5. The molecule has 0 aromatic rings. The number of hydrogen-bond donors (Lipinski definition) is 15. The number of aliphatic hydroxyl groups excluding tert-OH is 14. The monoisotopic (exact) mass is 1070 g/mol. The van der Waals surface area contributed by atoms with E-state index in [2.05, 4.69) is 20.8 Å². The summed E-state index contributed by atoms with van der Waals surface area (Å²) in [4.78, 5) is 0. The van der Waals surface area contributed by atoms with Gasteiger partial charge in [0.25, 0.3) is 0 Å². The maximum Gasteiger partial charge on any atom is 0.187 e. The van der Waals surface area contributed by atoms with E-state index in [-0.39, 0.29) is 47.2 Å². The first-order valence-electron chi connectivity index (χ1n) is 26.9. The normalized spacial score (nSPS) is 56.0. The minimum atomic E-state index is -1.90. The molecule has 0 radical (unpaired) electrons. The van der Waals surface area contributed by atoms with Gasteiger partial charge in [-0.1, -0.05) is 27.7 Å². The minimum absolute atomic E-state index is 0.0858. The zero-order valence-corrected chi connectivity index (χ0v) is 42.5. The molecule has 74 heavy (non-hydrogen) atoms. The fraction of sp³-hybridized carbons (Fsp3) is 1.00. The van der Waals surface area contributed by atoms with Crippen molar-refractivity contribution in [3.8, 4) is 0 Å². The van der Waals surface area contributed by atoms with E-state index in [1.54, 1.807) is 0 Å². The Morgan fingerprint density at radius 2 is 1.22 bits per heavy atom. The third-order valence-corrected chi connectivity index (χ3v) is 19.7. The van der Waals surface area contributed by atoms with Crippen LogP contribution in [0.2, 0.25) is 0 Å². The topological polar surface area (TPSA) is 387 Å². The van der Waals surface area contributed by atoms with E-state index in [1.165, 1.54) is 0 Å². The molecule has 4 aliphatic carbocycles. The lowest BCUT2D eigenvalue weighted by Gasteiger charge is -2.62. The molecule has 15 N–H and O–H groups in total. The fourth-order valence-corrected chi connectivity index (χ4v) is 15.4. The third kappa shape index (κ3) is 10.3. The van der Waals surface area contributed by atoms with E-state index >= 15 is 0 Å². The quantitative estimate of drug-likeness (QED) is 0.0689. The number of aliphatic hydroxyl groups is 15. The van der Waals surface area contributed by atoms with E-state index in [0.29, 0.717) is 43.4 Å². The Balaban J connectivity index is 0.783. The van der Waals surface area contributed by atoms with Gasteiger partial charge in [0.2, 0.25) is 0 Å². The number of fused-ring (bicyclic) bond motifs is 7. The fourth-order valence-electron chi connectivity index (χ4n) is 15.4. The Hall–Kier alpha value is -0.960. The third-order valence-electron chi connectivity index (χ3n) is 19.7. The van der Waals surface area contributed by atoms with Crippen molar-refractivity contribution in [2.45, 2.75) is 226 Å². The van der Waals surface area contributed by atoms with Crippen molar-refractivity contribution in [3.05, 3.63) is 0 Å². The van der Waals surface area contributed by atoms with Gasteiger partial charge in [-0.15, -0.1) is 0 Å². The molecule has 0 aromatic carbocycles. The average molecular weight is 1070 g/mol. The molecule has 5 aliphatic heterocycles. The maximum absolute atomic E-state index is 12.1. The summed E-state index contributed by atoms with van der Waals surface area (Å²) in [7, 11) is 0. The van der Waals surface area contributed by atoms with Gasteiger partial charge in [0.1, 0.15) is 91.6 Å². The smallest absolute Gasteiger partial charge is 0.187 e. The van der Waals surface area contributed by atoms with Crippen molar-refractivity contribution >= 4 is 0 Å². The molecule has 0 aromatic heterocycles. The van der Waals surface area contributed by atoms with Crippen LogP contribution in [0, 0.1) is 52.3 Å². The summed E-state index contributed by atoms with van der Waals surface area (Å²) in [6, 6.07) is 0. The van der Waals surface area contributed by atoms with Gasteiger partial charge in [0.15, 0.2) is 30.9 Å². The predicted octanol–water partition coefficient (Wildman–Crippen LogP) is -4.35.